The first kappa shape index (κ1) is 22.0. The fraction of sp³-hybridized carbons (Fsp3) is 0.222. The molecule has 0 atom stereocenters. The van der Waals surface area contributed by atoms with Crippen molar-refractivity contribution in [1.82, 2.24) is 4.72 Å². The molecule has 29 heavy (non-hydrogen) atoms. The molecule has 0 saturated heterocycles. The first-order chi connectivity index (χ1) is 13.7. The average Bonchev–Trinajstić information content (AvgIpc) is 2.66. The number of benzene rings is 2. The lowest BCUT2D eigenvalue weighted by atomic mass is 10.2. The second kappa shape index (κ2) is 9.75. The molecule has 0 fully saturated rings. The van der Waals surface area contributed by atoms with Gasteiger partial charge in [0.25, 0.3) is 5.69 Å². The number of nitrogens with zero attached hydrogens (tertiary/aromatic N) is 1. The number of sulfonamides is 1. The Morgan fingerprint density at radius 1 is 1.07 bits per heavy atom. The van der Waals surface area contributed by atoms with E-state index in [0.29, 0.717) is 11.3 Å². The fourth-order valence-electron chi connectivity index (χ4n) is 2.24. The Balaban J connectivity index is 1.79. The number of esters is 1. The lowest BCUT2D eigenvalue weighted by Crippen LogP contribution is -2.26. The molecule has 10 nitrogen and oxygen atoms in total. The number of hydrogen-bond donors (Lipinski definition) is 2. The number of amides is 1. The zero-order valence-corrected chi connectivity index (χ0v) is 16.3. The van der Waals surface area contributed by atoms with Gasteiger partial charge in [0.2, 0.25) is 15.9 Å². The summed E-state index contributed by atoms with van der Waals surface area (Å²) in [6, 6.07) is 11.1. The zero-order chi connectivity index (χ0) is 21.4. The number of ether oxygens (including phenoxy) is 1. The first-order valence-electron chi connectivity index (χ1n) is 8.43. The molecule has 2 aromatic rings. The Kier molecular flexibility index (Phi) is 7.39. The van der Waals surface area contributed by atoms with E-state index < -0.39 is 20.9 Å². The van der Waals surface area contributed by atoms with Crippen LogP contribution in [-0.2, 0) is 31.0 Å². The molecular formula is C18H19N3O7S. The maximum atomic E-state index is 12.2. The number of rotatable bonds is 9. The molecule has 0 aliphatic heterocycles. The number of nitrogens with one attached hydrogen (secondary N) is 2. The molecule has 154 valence electrons. The van der Waals surface area contributed by atoms with Crippen LogP contribution in [0.5, 0.6) is 0 Å². The van der Waals surface area contributed by atoms with Crippen LogP contribution in [0.1, 0.15) is 18.9 Å². The van der Waals surface area contributed by atoms with Gasteiger partial charge in [0.15, 0.2) is 0 Å². The summed E-state index contributed by atoms with van der Waals surface area (Å²) < 4.78 is 31.7. The van der Waals surface area contributed by atoms with Gasteiger partial charge in [-0.2, -0.15) is 0 Å². The van der Waals surface area contributed by atoms with E-state index >= 15 is 0 Å². The van der Waals surface area contributed by atoms with E-state index in [9.17, 15) is 28.1 Å². The van der Waals surface area contributed by atoms with Crippen LogP contribution < -0.4 is 10.0 Å². The second-order valence-corrected chi connectivity index (χ2v) is 7.70. The van der Waals surface area contributed by atoms with Crippen molar-refractivity contribution in [1.29, 1.82) is 0 Å². The van der Waals surface area contributed by atoms with Crippen LogP contribution in [-0.4, -0.2) is 31.8 Å². The molecule has 0 saturated carbocycles. The van der Waals surface area contributed by atoms with Gasteiger partial charge in [-0.25, -0.2) is 13.1 Å². The van der Waals surface area contributed by atoms with E-state index in [4.69, 9.17) is 4.74 Å². The third kappa shape index (κ3) is 6.97. The third-order valence-electron chi connectivity index (χ3n) is 3.65. The number of carbonyl (C=O) groups excluding carboxylic acids is 2. The Morgan fingerprint density at radius 2 is 1.69 bits per heavy atom. The zero-order valence-electron chi connectivity index (χ0n) is 15.5. The Morgan fingerprint density at radius 3 is 2.24 bits per heavy atom. The highest BCUT2D eigenvalue weighted by atomic mass is 32.2. The van der Waals surface area contributed by atoms with Gasteiger partial charge in [0.1, 0.15) is 6.61 Å². The van der Waals surface area contributed by atoms with Crippen LogP contribution in [0.3, 0.4) is 0 Å². The maximum absolute atomic E-state index is 12.2. The highest BCUT2D eigenvalue weighted by Gasteiger charge is 2.15. The van der Waals surface area contributed by atoms with Crippen molar-refractivity contribution < 1.29 is 27.7 Å². The Hall–Kier alpha value is -3.31. The summed E-state index contributed by atoms with van der Waals surface area (Å²) in [7, 11) is -3.82. The van der Waals surface area contributed by atoms with Crippen molar-refractivity contribution in [2.24, 2.45) is 0 Å². The van der Waals surface area contributed by atoms with Crippen LogP contribution >= 0.6 is 0 Å². The lowest BCUT2D eigenvalue weighted by Gasteiger charge is -2.08. The van der Waals surface area contributed by atoms with Crippen LogP contribution in [0, 0.1) is 10.1 Å². The van der Waals surface area contributed by atoms with Gasteiger partial charge in [0, 0.05) is 31.3 Å². The van der Waals surface area contributed by atoms with E-state index in [1.807, 2.05) is 0 Å². The summed E-state index contributed by atoms with van der Waals surface area (Å²) >= 11 is 0. The smallest absolute Gasteiger partial charge is 0.307 e. The molecule has 11 heteroatoms. The SMILES string of the molecule is CC(=O)Nc1ccc(S(=O)(=O)NCCC(=O)OCc2ccc([N+](=O)[O-])cc2)cc1. The van der Waals surface area contributed by atoms with Crippen LogP contribution in [0.15, 0.2) is 53.4 Å². The van der Waals surface area contributed by atoms with Crippen molar-refractivity contribution in [2.75, 3.05) is 11.9 Å². The number of nitro groups is 1. The third-order valence-corrected chi connectivity index (χ3v) is 5.13. The van der Waals surface area contributed by atoms with Gasteiger partial charge >= 0.3 is 5.97 Å². The summed E-state index contributed by atoms with van der Waals surface area (Å²) in [4.78, 5) is 32.8. The van der Waals surface area contributed by atoms with Gasteiger partial charge in [-0.05, 0) is 42.0 Å². The van der Waals surface area contributed by atoms with E-state index in [2.05, 4.69) is 10.0 Å². The number of hydrogen-bond acceptors (Lipinski definition) is 7. The fourth-order valence-corrected chi connectivity index (χ4v) is 3.27. The number of non-ortho nitro benzene ring substituents is 1. The van der Waals surface area contributed by atoms with Crippen molar-refractivity contribution in [3.05, 3.63) is 64.2 Å². The molecule has 0 unspecified atom stereocenters. The van der Waals surface area contributed by atoms with Gasteiger partial charge in [-0.3, -0.25) is 19.7 Å². The standard InChI is InChI=1S/C18H19N3O7S/c1-13(22)20-15-4-8-17(9-5-15)29(26,27)19-11-10-18(23)28-12-14-2-6-16(7-3-14)21(24)25/h2-9,19H,10-12H2,1H3,(H,20,22). The van der Waals surface area contributed by atoms with Gasteiger partial charge in [-0.15, -0.1) is 0 Å². The molecule has 2 N–H and O–H groups in total. The Bertz CT molecular complexity index is 987. The molecule has 2 aromatic carbocycles. The molecule has 0 aliphatic carbocycles. The highest BCUT2D eigenvalue weighted by Crippen LogP contribution is 2.14. The van der Waals surface area contributed by atoms with Crippen LogP contribution in [0.4, 0.5) is 11.4 Å². The molecule has 0 aromatic heterocycles. The lowest BCUT2D eigenvalue weighted by molar-refractivity contribution is -0.384. The summed E-state index contributed by atoms with van der Waals surface area (Å²) in [6.07, 6.45) is -0.184. The molecule has 2 rings (SSSR count). The second-order valence-electron chi connectivity index (χ2n) is 5.94. The summed E-state index contributed by atoms with van der Waals surface area (Å²) in [6.45, 7) is 1.11. The van der Waals surface area contributed by atoms with Crippen LogP contribution in [0.25, 0.3) is 0 Å². The molecule has 0 aliphatic rings. The minimum absolute atomic E-state index is 0.00847. The van der Waals surface area contributed by atoms with Gasteiger partial charge in [-0.1, -0.05) is 0 Å². The van der Waals surface area contributed by atoms with Gasteiger partial charge in [0.05, 0.1) is 16.2 Å². The number of nitro benzene ring substituents is 1. The van der Waals surface area contributed by atoms with Crippen molar-refractivity contribution in [3.8, 4) is 0 Å². The summed E-state index contributed by atoms with van der Waals surface area (Å²) in [5, 5.41) is 13.1. The number of anilines is 1. The van der Waals surface area contributed by atoms with E-state index in [0.717, 1.165) is 0 Å². The monoisotopic (exact) mass is 421 g/mol. The molecule has 1 amide bonds. The quantitative estimate of drug-likeness (QED) is 0.358. The molecule has 0 bridgehead atoms. The Labute approximate surface area is 167 Å². The highest BCUT2D eigenvalue weighted by molar-refractivity contribution is 7.89. The first-order valence-corrected chi connectivity index (χ1v) is 9.92. The van der Waals surface area contributed by atoms with E-state index in [1.165, 1.54) is 55.5 Å². The predicted octanol–water partition coefficient (Wildman–Crippen LogP) is 1.96. The van der Waals surface area contributed by atoms with E-state index in [-0.39, 0.29) is 36.1 Å². The largest absolute Gasteiger partial charge is 0.461 e. The van der Waals surface area contributed by atoms with Crippen molar-refractivity contribution in [3.63, 3.8) is 0 Å². The average molecular weight is 421 g/mol. The normalized spacial score (nSPS) is 10.9. The summed E-state index contributed by atoms with van der Waals surface area (Å²) in [5.41, 5.74) is 0.967. The topological polar surface area (TPSA) is 145 Å². The van der Waals surface area contributed by atoms with Crippen molar-refractivity contribution in [2.45, 2.75) is 24.8 Å². The molecule has 0 heterocycles. The van der Waals surface area contributed by atoms with E-state index in [1.54, 1.807) is 0 Å². The maximum Gasteiger partial charge on any atom is 0.307 e. The predicted molar refractivity (Wildman–Crippen MR) is 103 cm³/mol. The van der Waals surface area contributed by atoms with Crippen LogP contribution in [0.2, 0.25) is 0 Å². The van der Waals surface area contributed by atoms with Gasteiger partial charge < -0.3 is 10.1 Å². The summed E-state index contributed by atoms with van der Waals surface area (Å²) in [5.74, 6) is -0.891. The molecule has 0 radical (unpaired) electrons. The molecular weight excluding hydrogens is 402 g/mol. The minimum Gasteiger partial charge on any atom is -0.461 e. The molecule has 0 spiro atoms. The van der Waals surface area contributed by atoms with Crippen molar-refractivity contribution >= 4 is 33.3 Å². The number of carbonyl (C=O) groups is 2. The minimum atomic E-state index is -3.82.